The summed E-state index contributed by atoms with van der Waals surface area (Å²) in [5.74, 6) is 0.589. The van der Waals surface area contributed by atoms with Gasteiger partial charge in [-0.15, -0.1) is 0 Å². The lowest BCUT2D eigenvalue weighted by Gasteiger charge is -2.24. The standard InChI is InChI=1S/C15H21NO2/c16-14(13-7-2-1-3-8-13)11-15(17)18-10-9-12-5-4-6-12/h1-3,7-8,12,14H,4-6,9-11,16H2. The Kier molecular flexibility index (Phi) is 4.76. The van der Waals surface area contributed by atoms with Crippen molar-refractivity contribution in [1.29, 1.82) is 0 Å². The van der Waals surface area contributed by atoms with Crippen molar-refractivity contribution in [3.8, 4) is 0 Å². The minimum Gasteiger partial charge on any atom is -0.466 e. The van der Waals surface area contributed by atoms with E-state index in [0.29, 0.717) is 6.61 Å². The van der Waals surface area contributed by atoms with Crippen molar-refractivity contribution in [3.63, 3.8) is 0 Å². The third-order valence-corrected chi connectivity index (χ3v) is 3.63. The summed E-state index contributed by atoms with van der Waals surface area (Å²) in [6.45, 7) is 0.547. The number of hydrogen-bond donors (Lipinski definition) is 1. The summed E-state index contributed by atoms with van der Waals surface area (Å²) in [7, 11) is 0. The van der Waals surface area contributed by atoms with E-state index >= 15 is 0 Å². The van der Waals surface area contributed by atoms with Gasteiger partial charge >= 0.3 is 5.97 Å². The number of nitrogens with two attached hydrogens (primary N) is 1. The van der Waals surface area contributed by atoms with Crippen LogP contribution in [0.15, 0.2) is 30.3 Å². The molecule has 3 nitrogen and oxygen atoms in total. The fraction of sp³-hybridized carbons (Fsp3) is 0.533. The Morgan fingerprint density at radius 1 is 1.33 bits per heavy atom. The van der Waals surface area contributed by atoms with Crippen LogP contribution in [0.5, 0.6) is 0 Å². The number of esters is 1. The highest BCUT2D eigenvalue weighted by Gasteiger charge is 2.18. The minimum atomic E-state index is -0.262. The third kappa shape index (κ3) is 3.84. The van der Waals surface area contributed by atoms with E-state index in [2.05, 4.69) is 0 Å². The van der Waals surface area contributed by atoms with Gasteiger partial charge in [-0.1, -0.05) is 49.6 Å². The Hall–Kier alpha value is -1.35. The van der Waals surface area contributed by atoms with Crippen LogP contribution in [-0.2, 0) is 9.53 Å². The predicted octanol–water partition coefficient (Wildman–Crippen LogP) is 2.81. The Morgan fingerprint density at radius 2 is 2.06 bits per heavy atom. The minimum absolute atomic E-state index is 0.189. The van der Waals surface area contributed by atoms with Crippen LogP contribution in [0.2, 0.25) is 0 Å². The largest absolute Gasteiger partial charge is 0.466 e. The van der Waals surface area contributed by atoms with Crippen molar-refractivity contribution in [1.82, 2.24) is 0 Å². The highest BCUT2D eigenvalue weighted by molar-refractivity contribution is 5.70. The van der Waals surface area contributed by atoms with E-state index in [4.69, 9.17) is 10.5 Å². The van der Waals surface area contributed by atoms with Crippen LogP contribution in [0.1, 0.15) is 43.7 Å². The first-order valence-electron chi connectivity index (χ1n) is 6.72. The molecule has 0 heterocycles. The van der Waals surface area contributed by atoms with Crippen molar-refractivity contribution in [2.75, 3.05) is 6.61 Å². The highest BCUT2D eigenvalue weighted by atomic mass is 16.5. The summed E-state index contributed by atoms with van der Waals surface area (Å²) >= 11 is 0. The molecule has 0 saturated heterocycles. The van der Waals surface area contributed by atoms with Crippen molar-refractivity contribution < 1.29 is 9.53 Å². The average Bonchev–Trinajstić information content (AvgIpc) is 2.33. The van der Waals surface area contributed by atoms with E-state index in [9.17, 15) is 4.79 Å². The monoisotopic (exact) mass is 247 g/mol. The van der Waals surface area contributed by atoms with Gasteiger partial charge in [0.05, 0.1) is 13.0 Å². The smallest absolute Gasteiger partial charge is 0.307 e. The van der Waals surface area contributed by atoms with Crippen molar-refractivity contribution in [3.05, 3.63) is 35.9 Å². The van der Waals surface area contributed by atoms with Crippen molar-refractivity contribution in [2.45, 2.75) is 38.1 Å². The van der Waals surface area contributed by atoms with Gasteiger partial charge in [0, 0.05) is 6.04 Å². The van der Waals surface area contributed by atoms with Crippen LogP contribution in [0.4, 0.5) is 0 Å². The molecule has 1 aromatic carbocycles. The molecule has 1 aromatic rings. The second-order valence-electron chi connectivity index (χ2n) is 5.03. The number of carbonyl (C=O) groups is 1. The molecular weight excluding hydrogens is 226 g/mol. The maximum atomic E-state index is 11.6. The molecule has 0 aliphatic heterocycles. The first-order valence-corrected chi connectivity index (χ1v) is 6.72. The van der Waals surface area contributed by atoms with Crippen LogP contribution in [0, 0.1) is 5.92 Å². The maximum Gasteiger partial charge on any atom is 0.307 e. The number of carbonyl (C=O) groups excluding carboxylic acids is 1. The molecule has 0 aromatic heterocycles. The Labute approximate surface area is 108 Å². The zero-order valence-corrected chi connectivity index (χ0v) is 10.7. The van der Waals surface area contributed by atoms with Gasteiger partial charge < -0.3 is 10.5 Å². The maximum absolute atomic E-state index is 11.6. The zero-order chi connectivity index (χ0) is 12.8. The SMILES string of the molecule is NC(CC(=O)OCCC1CCC1)c1ccccc1. The quantitative estimate of drug-likeness (QED) is 0.786. The van der Waals surface area contributed by atoms with Gasteiger partial charge in [0.2, 0.25) is 0 Å². The highest BCUT2D eigenvalue weighted by Crippen LogP contribution is 2.29. The van der Waals surface area contributed by atoms with E-state index in [0.717, 1.165) is 17.9 Å². The van der Waals surface area contributed by atoms with Gasteiger partial charge in [0.1, 0.15) is 0 Å². The molecule has 0 radical (unpaired) electrons. The number of rotatable bonds is 6. The molecule has 1 aliphatic carbocycles. The molecule has 2 rings (SSSR count). The molecule has 1 fully saturated rings. The van der Waals surface area contributed by atoms with E-state index in [1.165, 1.54) is 19.3 Å². The second kappa shape index (κ2) is 6.55. The van der Waals surface area contributed by atoms with Crippen LogP contribution >= 0.6 is 0 Å². The average molecular weight is 247 g/mol. The second-order valence-corrected chi connectivity index (χ2v) is 5.03. The predicted molar refractivity (Wildman–Crippen MR) is 70.9 cm³/mol. The molecule has 3 heteroatoms. The zero-order valence-electron chi connectivity index (χ0n) is 10.7. The number of hydrogen-bond acceptors (Lipinski definition) is 3. The summed E-state index contributed by atoms with van der Waals surface area (Å²) in [4.78, 5) is 11.6. The molecule has 1 unspecified atom stereocenters. The first kappa shape index (κ1) is 13.1. The van der Waals surface area contributed by atoms with E-state index in [-0.39, 0.29) is 18.4 Å². The lowest BCUT2D eigenvalue weighted by atomic mass is 9.83. The van der Waals surface area contributed by atoms with Gasteiger partial charge in [-0.3, -0.25) is 4.79 Å². The lowest BCUT2D eigenvalue weighted by molar-refractivity contribution is -0.144. The number of benzene rings is 1. The molecular formula is C15H21NO2. The molecule has 0 spiro atoms. The summed E-state index contributed by atoms with van der Waals surface area (Å²) < 4.78 is 5.22. The molecule has 98 valence electrons. The van der Waals surface area contributed by atoms with Crippen molar-refractivity contribution in [2.24, 2.45) is 11.7 Å². The van der Waals surface area contributed by atoms with Crippen molar-refractivity contribution >= 4 is 5.97 Å². The lowest BCUT2D eigenvalue weighted by Crippen LogP contribution is -2.19. The molecule has 2 N–H and O–H groups in total. The molecule has 18 heavy (non-hydrogen) atoms. The van der Waals surface area contributed by atoms with Crippen LogP contribution in [0.3, 0.4) is 0 Å². The van der Waals surface area contributed by atoms with E-state index in [1.54, 1.807) is 0 Å². The molecule has 1 atom stereocenters. The Morgan fingerprint density at radius 3 is 2.67 bits per heavy atom. The van der Waals surface area contributed by atoms with E-state index in [1.807, 2.05) is 30.3 Å². The van der Waals surface area contributed by atoms with Crippen LogP contribution in [-0.4, -0.2) is 12.6 Å². The van der Waals surface area contributed by atoms with Crippen LogP contribution in [0.25, 0.3) is 0 Å². The number of ether oxygens (including phenoxy) is 1. The fourth-order valence-corrected chi connectivity index (χ4v) is 2.18. The molecule has 0 amide bonds. The summed E-state index contributed by atoms with van der Waals surface area (Å²) in [6, 6.07) is 9.41. The van der Waals surface area contributed by atoms with Gasteiger partial charge in [-0.05, 0) is 17.9 Å². The molecule has 0 bridgehead atoms. The summed E-state index contributed by atoms with van der Waals surface area (Å²) in [5, 5.41) is 0. The van der Waals surface area contributed by atoms with Gasteiger partial charge in [0.15, 0.2) is 0 Å². The summed E-state index contributed by atoms with van der Waals surface area (Å²) in [6.07, 6.45) is 5.18. The Balaban J connectivity index is 1.66. The molecule has 1 aliphatic rings. The Bertz CT molecular complexity index is 373. The molecule has 1 saturated carbocycles. The summed E-state index contributed by atoms with van der Waals surface area (Å²) in [5.41, 5.74) is 6.94. The third-order valence-electron chi connectivity index (χ3n) is 3.63. The topological polar surface area (TPSA) is 52.3 Å². The van der Waals surface area contributed by atoms with Gasteiger partial charge in [-0.2, -0.15) is 0 Å². The first-order chi connectivity index (χ1) is 8.75. The van der Waals surface area contributed by atoms with Crippen LogP contribution < -0.4 is 5.73 Å². The van der Waals surface area contributed by atoms with Gasteiger partial charge in [-0.25, -0.2) is 0 Å². The fourth-order valence-electron chi connectivity index (χ4n) is 2.18. The van der Waals surface area contributed by atoms with E-state index < -0.39 is 0 Å². The van der Waals surface area contributed by atoms with Gasteiger partial charge in [0.25, 0.3) is 0 Å². The normalized spacial score (nSPS) is 16.9.